The summed E-state index contributed by atoms with van der Waals surface area (Å²) in [5, 5.41) is 2.98. The normalized spacial score (nSPS) is 10.4. The fourth-order valence-corrected chi connectivity index (χ4v) is 3.15. The Morgan fingerprint density at radius 2 is 2.36 bits per heavy atom. The van der Waals surface area contributed by atoms with Gasteiger partial charge in [0.05, 0.1) is 7.11 Å². The van der Waals surface area contributed by atoms with Gasteiger partial charge in [0.1, 0.15) is 5.75 Å². The van der Waals surface area contributed by atoms with Gasteiger partial charge in [-0.1, -0.05) is 0 Å². The Kier molecular flexibility index (Phi) is 2.73. The lowest BCUT2D eigenvalue weighted by atomic mass is 10.1. The molecule has 1 aromatic carbocycles. The number of ether oxygens (including phenoxy) is 1. The molecule has 0 aliphatic heterocycles. The third kappa shape index (κ3) is 1.42. The minimum atomic E-state index is 0.761. The lowest BCUT2D eigenvalue weighted by Gasteiger charge is -2.05. The Morgan fingerprint density at radius 3 is 3.00 bits per heavy atom. The van der Waals surface area contributed by atoms with Crippen molar-refractivity contribution in [3.8, 4) is 5.75 Å². The van der Waals surface area contributed by atoms with Gasteiger partial charge in [0.15, 0.2) is 6.29 Å². The zero-order valence-electron chi connectivity index (χ0n) is 7.41. The summed E-state index contributed by atoms with van der Waals surface area (Å²) < 4.78 is 7.19. The molecule has 0 atom stereocenters. The lowest BCUT2D eigenvalue weighted by Crippen LogP contribution is -1.90. The van der Waals surface area contributed by atoms with Gasteiger partial charge >= 0.3 is 0 Å². The van der Waals surface area contributed by atoms with E-state index in [-0.39, 0.29) is 0 Å². The molecule has 0 saturated heterocycles. The van der Waals surface area contributed by atoms with Crippen molar-refractivity contribution in [3.63, 3.8) is 0 Å². The van der Waals surface area contributed by atoms with Gasteiger partial charge in [-0.2, -0.15) is 0 Å². The van der Waals surface area contributed by atoms with Gasteiger partial charge in [-0.05, 0) is 40.1 Å². The van der Waals surface area contributed by atoms with Crippen molar-refractivity contribution in [2.45, 2.75) is 0 Å². The fourth-order valence-electron chi connectivity index (χ4n) is 1.37. The van der Waals surface area contributed by atoms with Crippen molar-refractivity contribution in [2.75, 3.05) is 7.11 Å². The van der Waals surface area contributed by atoms with Crippen molar-refractivity contribution >= 4 is 50.3 Å². The monoisotopic (exact) mass is 318 g/mol. The van der Waals surface area contributed by atoms with Crippen molar-refractivity contribution in [1.29, 1.82) is 0 Å². The molecule has 0 spiro atoms. The first kappa shape index (κ1) is 9.92. The van der Waals surface area contributed by atoms with Gasteiger partial charge in [-0.3, -0.25) is 4.79 Å². The second-order valence-corrected chi connectivity index (χ2v) is 4.83. The van der Waals surface area contributed by atoms with Crippen molar-refractivity contribution in [2.24, 2.45) is 0 Å². The third-order valence-electron chi connectivity index (χ3n) is 2.03. The molecule has 2 aromatic rings. The van der Waals surface area contributed by atoms with Crippen LogP contribution in [0.2, 0.25) is 0 Å². The molecule has 0 bridgehead atoms. The molecule has 0 aliphatic rings. The van der Waals surface area contributed by atoms with E-state index in [1.165, 1.54) is 0 Å². The molecular formula is C10H7IO2S. The van der Waals surface area contributed by atoms with E-state index < -0.39 is 0 Å². The molecule has 0 unspecified atom stereocenters. The van der Waals surface area contributed by atoms with Gasteiger partial charge in [0.2, 0.25) is 0 Å². The average molecular weight is 318 g/mol. The highest BCUT2D eigenvalue weighted by atomic mass is 127. The van der Waals surface area contributed by atoms with Crippen LogP contribution in [0.3, 0.4) is 0 Å². The topological polar surface area (TPSA) is 26.3 Å². The molecular weight excluding hydrogens is 311 g/mol. The number of hydrogen-bond acceptors (Lipinski definition) is 3. The first-order valence-corrected chi connectivity index (χ1v) is 5.92. The summed E-state index contributed by atoms with van der Waals surface area (Å²) in [6.07, 6.45) is 0.903. The van der Waals surface area contributed by atoms with Gasteiger partial charge in [0.25, 0.3) is 0 Å². The predicted molar refractivity (Wildman–Crippen MR) is 66.5 cm³/mol. The van der Waals surface area contributed by atoms with E-state index in [1.807, 2.05) is 17.5 Å². The SMILES string of the molecule is COc1cc(I)c(C=O)c2sccc12. The molecule has 0 amide bonds. The molecule has 72 valence electrons. The summed E-state index contributed by atoms with van der Waals surface area (Å²) in [5.74, 6) is 0.830. The number of halogens is 1. The number of carbonyl (C=O) groups excluding carboxylic acids is 1. The Labute approximate surface area is 99.0 Å². The molecule has 1 heterocycles. The largest absolute Gasteiger partial charge is 0.496 e. The van der Waals surface area contributed by atoms with E-state index in [9.17, 15) is 4.79 Å². The minimum absolute atomic E-state index is 0.761. The number of carbonyl (C=O) groups is 1. The maximum atomic E-state index is 10.9. The van der Waals surface area contributed by atoms with E-state index in [2.05, 4.69) is 22.6 Å². The number of aldehydes is 1. The number of benzene rings is 1. The number of rotatable bonds is 2. The van der Waals surface area contributed by atoms with Crippen LogP contribution >= 0.6 is 33.9 Å². The molecule has 2 rings (SSSR count). The predicted octanol–water partition coefficient (Wildman–Crippen LogP) is 3.33. The zero-order valence-corrected chi connectivity index (χ0v) is 10.4. The number of methoxy groups -OCH3 is 1. The van der Waals surface area contributed by atoms with Crippen LogP contribution in [-0.2, 0) is 0 Å². The summed E-state index contributed by atoms with van der Waals surface area (Å²) in [6.45, 7) is 0. The van der Waals surface area contributed by atoms with E-state index in [0.29, 0.717) is 0 Å². The molecule has 2 nitrogen and oxygen atoms in total. The van der Waals surface area contributed by atoms with Crippen LogP contribution in [-0.4, -0.2) is 13.4 Å². The second-order valence-electron chi connectivity index (χ2n) is 2.76. The van der Waals surface area contributed by atoms with Crippen LogP contribution in [0.15, 0.2) is 17.5 Å². The maximum Gasteiger partial charge on any atom is 0.152 e. The van der Waals surface area contributed by atoms with Crippen molar-refractivity contribution in [3.05, 3.63) is 26.6 Å². The molecule has 14 heavy (non-hydrogen) atoms. The molecule has 0 N–H and O–H groups in total. The molecule has 4 heteroatoms. The zero-order chi connectivity index (χ0) is 10.1. The molecule has 0 saturated carbocycles. The summed E-state index contributed by atoms with van der Waals surface area (Å²) >= 11 is 3.72. The number of thiophene rings is 1. The van der Waals surface area contributed by atoms with Gasteiger partial charge < -0.3 is 4.74 Å². The van der Waals surface area contributed by atoms with E-state index in [4.69, 9.17) is 4.74 Å². The van der Waals surface area contributed by atoms with Crippen LogP contribution in [0.25, 0.3) is 10.1 Å². The summed E-state index contributed by atoms with van der Waals surface area (Å²) in [5.41, 5.74) is 0.761. The summed E-state index contributed by atoms with van der Waals surface area (Å²) in [4.78, 5) is 10.9. The highest BCUT2D eigenvalue weighted by Crippen LogP contribution is 2.34. The van der Waals surface area contributed by atoms with E-state index in [1.54, 1.807) is 18.4 Å². The van der Waals surface area contributed by atoms with Crippen LogP contribution in [0, 0.1) is 3.57 Å². The standard InChI is InChI=1S/C10H7IO2S/c1-13-9-4-8(11)7(5-12)10-6(9)2-3-14-10/h2-5H,1H3. The van der Waals surface area contributed by atoms with Gasteiger partial charge in [0, 0.05) is 19.2 Å². The maximum absolute atomic E-state index is 10.9. The first-order valence-electron chi connectivity index (χ1n) is 3.96. The smallest absolute Gasteiger partial charge is 0.152 e. The minimum Gasteiger partial charge on any atom is -0.496 e. The van der Waals surface area contributed by atoms with E-state index in [0.717, 1.165) is 31.3 Å². The Hall–Kier alpha value is -0.620. The van der Waals surface area contributed by atoms with Crippen LogP contribution in [0.4, 0.5) is 0 Å². The molecule has 0 aliphatic carbocycles. The van der Waals surface area contributed by atoms with Crippen LogP contribution in [0.5, 0.6) is 5.75 Å². The van der Waals surface area contributed by atoms with Gasteiger partial charge in [-0.25, -0.2) is 0 Å². The number of fused-ring (bicyclic) bond motifs is 1. The molecule has 1 aromatic heterocycles. The molecule has 0 radical (unpaired) electrons. The van der Waals surface area contributed by atoms with Crippen molar-refractivity contribution in [1.82, 2.24) is 0 Å². The van der Waals surface area contributed by atoms with Crippen LogP contribution < -0.4 is 4.74 Å². The average Bonchev–Trinajstić information content (AvgIpc) is 2.65. The highest BCUT2D eigenvalue weighted by molar-refractivity contribution is 14.1. The summed E-state index contributed by atoms with van der Waals surface area (Å²) in [6, 6.07) is 3.86. The fraction of sp³-hybridized carbons (Fsp3) is 0.100. The summed E-state index contributed by atoms with van der Waals surface area (Å²) in [7, 11) is 1.64. The van der Waals surface area contributed by atoms with Crippen molar-refractivity contribution < 1.29 is 9.53 Å². The Bertz CT molecular complexity index is 490. The van der Waals surface area contributed by atoms with E-state index >= 15 is 0 Å². The Morgan fingerprint density at radius 1 is 1.57 bits per heavy atom. The third-order valence-corrected chi connectivity index (χ3v) is 3.87. The second kappa shape index (κ2) is 3.86. The lowest BCUT2D eigenvalue weighted by molar-refractivity contribution is 0.112. The quantitative estimate of drug-likeness (QED) is 0.627. The van der Waals surface area contributed by atoms with Crippen LogP contribution in [0.1, 0.15) is 10.4 Å². The number of hydrogen-bond donors (Lipinski definition) is 0. The van der Waals surface area contributed by atoms with Gasteiger partial charge in [-0.15, -0.1) is 11.3 Å². The molecule has 0 fully saturated rings. The first-order chi connectivity index (χ1) is 6.77. The Balaban J connectivity index is 2.88. The highest BCUT2D eigenvalue weighted by Gasteiger charge is 2.11.